The smallest absolute Gasteiger partial charge is 0.328 e. The first-order valence-corrected chi connectivity index (χ1v) is 6.37. The first kappa shape index (κ1) is 14.8. The Balaban J connectivity index is 2.57. The summed E-state index contributed by atoms with van der Waals surface area (Å²) >= 11 is 0. The van der Waals surface area contributed by atoms with Crippen molar-refractivity contribution in [2.45, 2.75) is 39.2 Å². The molecule has 6 nitrogen and oxygen atoms in total. The number of nitrogens with one attached hydrogen (secondary N) is 1. The molecule has 3 N–H and O–H groups in total. The van der Waals surface area contributed by atoms with Gasteiger partial charge in [0.2, 0.25) is 0 Å². The highest BCUT2D eigenvalue weighted by Gasteiger charge is 2.37. The molecule has 104 valence electrons. The number of hydrogen-bond donors (Lipinski definition) is 3. The molecule has 1 saturated heterocycles. The number of hydrogen-bond acceptors (Lipinski definition) is 3. The Bertz CT molecular complexity index is 315. The molecule has 6 heteroatoms. The van der Waals surface area contributed by atoms with Gasteiger partial charge in [0.15, 0.2) is 6.04 Å². The van der Waals surface area contributed by atoms with Gasteiger partial charge in [0, 0.05) is 13.1 Å². The summed E-state index contributed by atoms with van der Waals surface area (Å²) in [6, 6.07) is -1.63. The Kier molecular flexibility index (Phi) is 4.95. The Morgan fingerprint density at radius 1 is 1.39 bits per heavy atom. The number of carboxylic acids is 1. The lowest BCUT2D eigenvalue weighted by Crippen LogP contribution is -2.49. The fourth-order valence-corrected chi connectivity index (χ4v) is 2.36. The third-order valence-corrected chi connectivity index (χ3v) is 4.00. The van der Waals surface area contributed by atoms with Gasteiger partial charge < -0.3 is 20.4 Å². The SMILES string of the molecule is CCC1(CC)CCN(C(=O)N[C@H](CO)C(=O)O)C1. The van der Waals surface area contributed by atoms with Crippen molar-refractivity contribution < 1.29 is 19.8 Å². The van der Waals surface area contributed by atoms with E-state index < -0.39 is 24.6 Å². The summed E-state index contributed by atoms with van der Waals surface area (Å²) in [6.45, 7) is 4.92. The van der Waals surface area contributed by atoms with E-state index in [4.69, 9.17) is 10.2 Å². The predicted octanol–water partition coefficient (Wildman–Crippen LogP) is 0.654. The number of carbonyl (C=O) groups excluding carboxylic acids is 1. The van der Waals surface area contributed by atoms with Gasteiger partial charge in [0.1, 0.15) is 0 Å². The van der Waals surface area contributed by atoms with Gasteiger partial charge in [0.05, 0.1) is 6.61 Å². The molecule has 0 aromatic carbocycles. The summed E-state index contributed by atoms with van der Waals surface area (Å²) in [4.78, 5) is 24.2. The number of aliphatic hydroxyl groups excluding tert-OH is 1. The van der Waals surface area contributed by atoms with Crippen molar-refractivity contribution in [3.63, 3.8) is 0 Å². The molecule has 0 bridgehead atoms. The zero-order valence-corrected chi connectivity index (χ0v) is 11.0. The quantitative estimate of drug-likeness (QED) is 0.675. The van der Waals surface area contributed by atoms with Crippen LogP contribution in [0.5, 0.6) is 0 Å². The van der Waals surface area contributed by atoms with Crippen LogP contribution in [0, 0.1) is 5.41 Å². The van der Waals surface area contributed by atoms with Gasteiger partial charge in [-0.15, -0.1) is 0 Å². The number of amides is 2. The second kappa shape index (κ2) is 6.04. The summed E-state index contributed by atoms with van der Waals surface area (Å²) in [6.07, 6.45) is 2.97. The average molecular weight is 258 g/mol. The van der Waals surface area contributed by atoms with E-state index in [-0.39, 0.29) is 5.41 Å². The monoisotopic (exact) mass is 258 g/mol. The maximum Gasteiger partial charge on any atom is 0.328 e. The van der Waals surface area contributed by atoms with Crippen LogP contribution in [0.4, 0.5) is 4.79 Å². The van der Waals surface area contributed by atoms with Crippen LogP contribution in [0.3, 0.4) is 0 Å². The molecule has 1 heterocycles. The third-order valence-electron chi connectivity index (χ3n) is 4.00. The van der Waals surface area contributed by atoms with Crippen LogP contribution < -0.4 is 5.32 Å². The minimum Gasteiger partial charge on any atom is -0.480 e. The zero-order chi connectivity index (χ0) is 13.8. The van der Waals surface area contributed by atoms with Crippen LogP contribution in [0.1, 0.15) is 33.1 Å². The van der Waals surface area contributed by atoms with E-state index in [1.54, 1.807) is 4.90 Å². The summed E-state index contributed by atoms with van der Waals surface area (Å²) in [5.74, 6) is -1.22. The Labute approximate surface area is 107 Å². The van der Waals surface area contributed by atoms with Crippen LogP contribution in [0.15, 0.2) is 0 Å². The van der Waals surface area contributed by atoms with Gasteiger partial charge >= 0.3 is 12.0 Å². The summed E-state index contributed by atoms with van der Waals surface area (Å²) in [7, 11) is 0. The summed E-state index contributed by atoms with van der Waals surface area (Å²) in [5, 5.41) is 20.0. The number of nitrogens with zero attached hydrogens (tertiary/aromatic N) is 1. The van der Waals surface area contributed by atoms with Crippen LogP contribution in [0.2, 0.25) is 0 Å². The van der Waals surface area contributed by atoms with Crippen molar-refractivity contribution in [2.24, 2.45) is 5.41 Å². The van der Waals surface area contributed by atoms with E-state index in [9.17, 15) is 9.59 Å². The Morgan fingerprint density at radius 3 is 2.39 bits per heavy atom. The normalized spacial score (nSPS) is 19.6. The molecule has 0 aliphatic carbocycles. The van der Waals surface area contributed by atoms with Crippen molar-refractivity contribution >= 4 is 12.0 Å². The number of carbonyl (C=O) groups is 2. The lowest BCUT2D eigenvalue weighted by Gasteiger charge is -2.26. The fourth-order valence-electron chi connectivity index (χ4n) is 2.36. The second-order valence-corrected chi connectivity index (χ2v) is 4.90. The lowest BCUT2D eigenvalue weighted by molar-refractivity contribution is -0.140. The average Bonchev–Trinajstić information content (AvgIpc) is 2.80. The van der Waals surface area contributed by atoms with Crippen LogP contribution in [-0.4, -0.2) is 52.9 Å². The summed E-state index contributed by atoms with van der Waals surface area (Å²) in [5.41, 5.74) is 0.162. The molecule has 0 unspecified atom stereocenters. The van der Waals surface area contributed by atoms with Crippen molar-refractivity contribution in [3.05, 3.63) is 0 Å². The zero-order valence-electron chi connectivity index (χ0n) is 11.0. The molecule has 2 amide bonds. The highest BCUT2D eigenvalue weighted by atomic mass is 16.4. The Morgan fingerprint density at radius 2 is 2.00 bits per heavy atom. The van der Waals surface area contributed by atoms with Gasteiger partial charge in [-0.2, -0.15) is 0 Å². The molecule has 0 aromatic heterocycles. The molecule has 1 rings (SSSR count). The van der Waals surface area contributed by atoms with Crippen molar-refractivity contribution in [3.8, 4) is 0 Å². The molecule has 1 aliphatic heterocycles. The standard InChI is InChI=1S/C12H22N2O4/c1-3-12(4-2)5-6-14(8-12)11(18)13-9(7-15)10(16)17/h9,15H,3-8H2,1-2H3,(H,13,18)(H,16,17)/t9-/m1/s1. The van der Waals surface area contributed by atoms with Crippen LogP contribution in [-0.2, 0) is 4.79 Å². The number of urea groups is 1. The van der Waals surface area contributed by atoms with E-state index >= 15 is 0 Å². The molecule has 1 atom stereocenters. The molecule has 1 fully saturated rings. The van der Waals surface area contributed by atoms with Gasteiger partial charge in [-0.05, 0) is 24.7 Å². The number of aliphatic carboxylic acids is 1. The van der Waals surface area contributed by atoms with Crippen molar-refractivity contribution in [1.29, 1.82) is 0 Å². The van der Waals surface area contributed by atoms with Crippen LogP contribution >= 0.6 is 0 Å². The van der Waals surface area contributed by atoms with Gasteiger partial charge in [-0.3, -0.25) is 0 Å². The molecule has 0 radical (unpaired) electrons. The second-order valence-electron chi connectivity index (χ2n) is 4.90. The number of aliphatic hydroxyl groups is 1. The van der Waals surface area contributed by atoms with Crippen LogP contribution in [0.25, 0.3) is 0 Å². The molecule has 0 saturated carbocycles. The molecular formula is C12H22N2O4. The Hall–Kier alpha value is -1.30. The third kappa shape index (κ3) is 3.13. The van der Waals surface area contributed by atoms with Crippen molar-refractivity contribution in [1.82, 2.24) is 10.2 Å². The minimum atomic E-state index is -1.23. The van der Waals surface area contributed by atoms with Gasteiger partial charge in [0.25, 0.3) is 0 Å². The number of likely N-dealkylation sites (tertiary alicyclic amines) is 1. The molecular weight excluding hydrogens is 236 g/mol. The molecule has 0 spiro atoms. The molecule has 18 heavy (non-hydrogen) atoms. The van der Waals surface area contributed by atoms with E-state index in [1.807, 2.05) is 0 Å². The highest BCUT2D eigenvalue weighted by molar-refractivity contribution is 5.82. The maximum absolute atomic E-state index is 11.9. The number of carboxylic acid groups (broad SMARTS) is 1. The predicted molar refractivity (Wildman–Crippen MR) is 66.2 cm³/mol. The van der Waals surface area contributed by atoms with Gasteiger partial charge in [-0.1, -0.05) is 13.8 Å². The van der Waals surface area contributed by atoms with E-state index in [1.165, 1.54) is 0 Å². The summed E-state index contributed by atoms with van der Waals surface area (Å²) < 4.78 is 0. The first-order chi connectivity index (χ1) is 8.48. The largest absolute Gasteiger partial charge is 0.480 e. The number of rotatable bonds is 5. The van der Waals surface area contributed by atoms with E-state index in [2.05, 4.69) is 19.2 Å². The highest BCUT2D eigenvalue weighted by Crippen LogP contribution is 2.36. The minimum absolute atomic E-state index is 0.162. The van der Waals surface area contributed by atoms with Crippen molar-refractivity contribution in [2.75, 3.05) is 19.7 Å². The lowest BCUT2D eigenvalue weighted by atomic mass is 9.82. The maximum atomic E-state index is 11.9. The molecule has 0 aromatic rings. The topological polar surface area (TPSA) is 89.9 Å². The van der Waals surface area contributed by atoms with E-state index in [0.29, 0.717) is 13.1 Å². The fraction of sp³-hybridized carbons (Fsp3) is 0.833. The first-order valence-electron chi connectivity index (χ1n) is 6.37. The van der Waals surface area contributed by atoms with Gasteiger partial charge in [-0.25, -0.2) is 9.59 Å². The van der Waals surface area contributed by atoms with E-state index in [0.717, 1.165) is 19.3 Å². The molecule has 1 aliphatic rings.